The molecule has 1 aromatic rings. The van der Waals surface area contributed by atoms with Gasteiger partial charge in [-0.25, -0.2) is 0 Å². The Morgan fingerprint density at radius 3 is 2.30 bits per heavy atom. The van der Waals surface area contributed by atoms with Gasteiger partial charge in [0.2, 0.25) is 0 Å². The molecule has 0 bridgehead atoms. The van der Waals surface area contributed by atoms with Gasteiger partial charge >= 0.3 is 0 Å². The molecule has 0 radical (unpaired) electrons. The molecule has 2 aliphatic rings. The summed E-state index contributed by atoms with van der Waals surface area (Å²) in [6.07, 6.45) is 2.16. The maximum atomic E-state index is 12.4. The molecule has 4 heteroatoms. The van der Waals surface area contributed by atoms with Gasteiger partial charge in [0.25, 0.3) is 5.91 Å². The summed E-state index contributed by atoms with van der Waals surface area (Å²) in [6.45, 7) is 5.52. The van der Waals surface area contributed by atoms with Crippen molar-refractivity contribution >= 4 is 5.91 Å². The van der Waals surface area contributed by atoms with Gasteiger partial charge in [0.1, 0.15) is 0 Å². The van der Waals surface area contributed by atoms with E-state index in [0.29, 0.717) is 6.04 Å². The minimum absolute atomic E-state index is 0.172. The van der Waals surface area contributed by atoms with Gasteiger partial charge in [-0.3, -0.25) is 9.69 Å². The van der Waals surface area contributed by atoms with Crippen LogP contribution in [-0.4, -0.2) is 61.1 Å². The average Bonchev–Trinajstić information content (AvgIpc) is 2.56. The molecule has 2 saturated heterocycles. The smallest absolute Gasteiger partial charge is 0.253 e. The van der Waals surface area contributed by atoms with E-state index in [1.165, 1.54) is 0 Å². The van der Waals surface area contributed by atoms with Gasteiger partial charge in [0.05, 0.1) is 13.2 Å². The normalized spacial score (nSPS) is 21.9. The molecule has 2 aliphatic heterocycles. The van der Waals surface area contributed by atoms with E-state index >= 15 is 0 Å². The number of hydrogen-bond acceptors (Lipinski definition) is 3. The molecule has 0 saturated carbocycles. The van der Waals surface area contributed by atoms with Crippen LogP contribution in [0.3, 0.4) is 0 Å². The Hall–Kier alpha value is -1.39. The Kier molecular flexibility index (Phi) is 4.33. The van der Waals surface area contributed by atoms with Gasteiger partial charge in [-0.1, -0.05) is 18.2 Å². The van der Waals surface area contributed by atoms with E-state index in [4.69, 9.17) is 4.74 Å². The van der Waals surface area contributed by atoms with Crippen molar-refractivity contribution in [2.75, 3.05) is 39.4 Å². The van der Waals surface area contributed by atoms with E-state index in [1.807, 2.05) is 35.2 Å². The first-order valence-electron chi connectivity index (χ1n) is 7.51. The molecule has 1 amide bonds. The zero-order valence-corrected chi connectivity index (χ0v) is 11.8. The predicted molar refractivity (Wildman–Crippen MR) is 77.8 cm³/mol. The van der Waals surface area contributed by atoms with Crippen molar-refractivity contribution in [1.82, 2.24) is 9.80 Å². The summed E-state index contributed by atoms with van der Waals surface area (Å²) in [5.74, 6) is 0.172. The Labute approximate surface area is 120 Å². The summed E-state index contributed by atoms with van der Waals surface area (Å²) >= 11 is 0. The highest BCUT2D eigenvalue weighted by Crippen LogP contribution is 2.19. The van der Waals surface area contributed by atoms with Crippen LogP contribution in [0.25, 0.3) is 0 Å². The quantitative estimate of drug-likeness (QED) is 0.821. The molecule has 4 nitrogen and oxygen atoms in total. The number of morpholine rings is 1. The van der Waals surface area contributed by atoms with Crippen molar-refractivity contribution in [3.05, 3.63) is 35.9 Å². The molecule has 0 unspecified atom stereocenters. The summed E-state index contributed by atoms with van der Waals surface area (Å²) in [5.41, 5.74) is 0.803. The number of nitrogens with zero attached hydrogens (tertiary/aromatic N) is 2. The lowest BCUT2D eigenvalue weighted by Crippen LogP contribution is -2.50. The summed E-state index contributed by atoms with van der Waals surface area (Å²) in [7, 11) is 0. The first kappa shape index (κ1) is 13.6. The second-order valence-electron chi connectivity index (χ2n) is 5.54. The fourth-order valence-corrected chi connectivity index (χ4v) is 3.14. The van der Waals surface area contributed by atoms with Crippen molar-refractivity contribution in [3.8, 4) is 0 Å². The first-order valence-corrected chi connectivity index (χ1v) is 7.51. The van der Waals surface area contributed by atoms with Crippen LogP contribution in [0.4, 0.5) is 0 Å². The maximum Gasteiger partial charge on any atom is 0.253 e. The molecule has 20 heavy (non-hydrogen) atoms. The number of hydrogen-bond donors (Lipinski definition) is 0. The van der Waals surface area contributed by atoms with Crippen LogP contribution >= 0.6 is 0 Å². The summed E-state index contributed by atoms with van der Waals surface area (Å²) in [6, 6.07) is 10.2. The Morgan fingerprint density at radius 1 is 1.00 bits per heavy atom. The molecule has 0 aliphatic carbocycles. The van der Waals surface area contributed by atoms with Crippen LogP contribution in [0.15, 0.2) is 30.3 Å². The van der Waals surface area contributed by atoms with Crippen LogP contribution in [-0.2, 0) is 4.74 Å². The maximum absolute atomic E-state index is 12.4. The fourth-order valence-electron chi connectivity index (χ4n) is 3.14. The Morgan fingerprint density at radius 2 is 1.65 bits per heavy atom. The summed E-state index contributed by atoms with van der Waals surface area (Å²) in [5, 5.41) is 0. The third kappa shape index (κ3) is 3.02. The zero-order chi connectivity index (χ0) is 13.8. The lowest BCUT2D eigenvalue weighted by atomic mass is 10.0. The van der Waals surface area contributed by atoms with E-state index in [0.717, 1.165) is 57.8 Å². The third-order valence-electron chi connectivity index (χ3n) is 4.33. The largest absolute Gasteiger partial charge is 0.379 e. The Bertz CT molecular complexity index is 435. The molecule has 3 rings (SSSR count). The van der Waals surface area contributed by atoms with Crippen molar-refractivity contribution < 1.29 is 9.53 Å². The molecule has 0 N–H and O–H groups in total. The van der Waals surface area contributed by atoms with Crippen LogP contribution in [0.2, 0.25) is 0 Å². The van der Waals surface area contributed by atoms with Crippen molar-refractivity contribution in [3.63, 3.8) is 0 Å². The molecule has 0 atom stereocenters. The zero-order valence-electron chi connectivity index (χ0n) is 11.8. The molecule has 1 aromatic carbocycles. The van der Waals surface area contributed by atoms with Crippen molar-refractivity contribution in [2.45, 2.75) is 18.9 Å². The lowest BCUT2D eigenvalue weighted by Gasteiger charge is -2.40. The van der Waals surface area contributed by atoms with Crippen LogP contribution in [0.5, 0.6) is 0 Å². The van der Waals surface area contributed by atoms with E-state index in [1.54, 1.807) is 0 Å². The standard InChI is InChI=1S/C16H22N2O2/c19-16(14-4-2-1-3-5-14)18-8-6-15(7-9-18)17-10-12-20-13-11-17/h1-5,15H,6-13H2. The summed E-state index contributed by atoms with van der Waals surface area (Å²) < 4.78 is 5.40. The monoisotopic (exact) mass is 274 g/mol. The minimum Gasteiger partial charge on any atom is -0.379 e. The number of likely N-dealkylation sites (tertiary alicyclic amines) is 1. The van der Waals surface area contributed by atoms with E-state index in [2.05, 4.69) is 4.90 Å². The molecular weight excluding hydrogens is 252 g/mol. The van der Waals surface area contributed by atoms with Gasteiger partial charge in [0, 0.05) is 37.8 Å². The second-order valence-corrected chi connectivity index (χ2v) is 5.54. The number of carbonyl (C=O) groups is 1. The number of piperidine rings is 1. The Balaban J connectivity index is 1.54. The van der Waals surface area contributed by atoms with Crippen LogP contribution in [0.1, 0.15) is 23.2 Å². The molecule has 0 aromatic heterocycles. The highest BCUT2D eigenvalue weighted by Gasteiger charge is 2.28. The van der Waals surface area contributed by atoms with Crippen LogP contribution < -0.4 is 0 Å². The first-order chi connectivity index (χ1) is 9.84. The van der Waals surface area contributed by atoms with Crippen molar-refractivity contribution in [2.24, 2.45) is 0 Å². The number of carbonyl (C=O) groups excluding carboxylic acids is 1. The molecule has 2 heterocycles. The third-order valence-corrected chi connectivity index (χ3v) is 4.33. The van der Waals surface area contributed by atoms with Gasteiger partial charge in [-0.15, -0.1) is 0 Å². The van der Waals surface area contributed by atoms with Gasteiger partial charge in [-0.2, -0.15) is 0 Å². The van der Waals surface area contributed by atoms with Gasteiger partial charge in [0.15, 0.2) is 0 Å². The van der Waals surface area contributed by atoms with Gasteiger partial charge in [-0.05, 0) is 25.0 Å². The van der Waals surface area contributed by atoms with Gasteiger partial charge < -0.3 is 9.64 Å². The molecule has 2 fully saturated rings. The van der Waals surface area contributed by atoms with Crippen molar-refractivity contribution in [1.29, 1.82) is 0 Å². The van der Waals surface area contributed by atoms with E-state index in [-0.39, 0.29) is 5.91 Å². The van der Waals surface area contributed by atoms with E-state index < -0.39 is 0 Å². The second kappa shape index (κ2) is 6.37. The molecule has 0 spiro atoms. The van der Waals surface area contributed by atoms with Crippen LogP contribution in [0, 0.1) is 0 Å². The topological polar surface area (TPSA) is 32.8 Å². The number of ether oxygens (including phenoxy) is 1. The predicted octanol–water partition coefficient (Wildman–Crippen LogP) is 1.62. The minimum atomic E-state index is 0.172. The number of benzene rings is 1. The fraction of sp³-hybridized carbons (Fsp3) is 0.562. The van der Waals surface area contributed by atoms with E-state index in [9.17, 15) is 4.79 Å². The lowest BCUT2D eigenvalue weighted by molar-refractivity contribution is 0.00159. The SMILES string of the molecule is O=C(c1ccccc1)N1CCC(N2CCOCC2)CC1. The molecule has 108 valence electrons. The number of amides is 1. The summed E-state index contributed by atoms with van der Waals surface area (Å²) in [4.78, 5) is 16.9. The highest BCUT2D eigenvalue weighted by atomic mass is 16.5. The average molecular weight is 274 g/mol. The number of rotatable bonds is 2. The molecular formula is C16H22N2O2. The highest BCUT2D eigenvalue weighted by molar-refractivity contribution is 5.94.